The minimum atomic E-state index is -0.793. The largest absolute Gasteiger partial charge is 0.385 e. The van der Waals surface area contributed by atoms with Crippen molar-refractivity contribution >= 4 is 10.9 Å². The number of hydrogen-bond acceptors (Lipinski definition) is 2. The van der Waals surface area contributed by atoms with Crippen LogP contribution in [0.2, 0.25) is 0 Å². The van der Waals surface area contributed by atoms with Gasteiger partial charge in [0.25, 0.3) is 0 Å². The summed E-state index contributed by atoms with van der Waals surface area (Å²) < 4.78 is 0. The maximum absolute atomic E-state index is 11.5. The minimum absolute atomic E-state index is 0.132. The molecule has 21 heavy (non-hydrogen) atoms. The molecule has 0 unspecified atom stereocenters. The fourth-order valence-electron chi connectivity index (χ4n) is 4.74. The number of hydrogen-bond donors (Lipinski definition) is 1. The van der Waals surface area contributed by atoms with E-state index >= 15 is 0 Å². The van der Waals surface area contributed by atoms with Crippen molar-refractivity contribution in [1.82, 2.24) is 4.98 Å². The summed E-state index contributed by atoms with van der Waals surface area (Å²) in [6.45, 7) is 9.05. The second kappa shape index (κ2) is 4.54. The zero-order chi connectivity index (χ0) is 15.3. The lowest BCUT2D eigenvalue weighted by Crippen LogP contribution is -2.44. The molecule has 1 aromatic carbocycles. The number of para-hydroxylation sites is 1. The Morgan fingerprint density at radius 2 is 1.52 bits per heavy atom. The van der Waals surface area contributed by atoms with E-state index in [1.807, 2.05) is 24.4 Å². The molecule has 0 spiro atoms. The average Bonchev–Trinajstić information content (AvgIpc) is 2.33. The third-order valence-corrected chi connectivity index (χ3v) is 4.63. The molecular formula is C19H25NO. The molecule has 3 rings (SSSR count). The Hall–Kier alpha value is -1.41. The highest BCUT2D eigenvalue weighted by molar-refractivity contribution is 5.82. The van der Waals surface area contributed by atoms with E-state index in [-0.39, 0.29) is 10.8 Å². The second-order valence-corrected chi connectivity index (χ2v) is 8.27. The van der Waals surface area contributed by atoms with Crippen molar-refractivity contribution in [3.63, 3.8) is 0 Å². The van der Waals surface area contributed by atoms with Crippen LogP contribution < -0.4 is 0 Å². The van der Waals surface area contributed by atoms with E-state index in [2.05, 4.69) is 44.8 Å². The van der Waals surface area contributed by atoms with Gasteiger partial charge in [0.1, 0.15) is 0 Å². The van der Waals surface area contributed by atoms with Crippen LogP contribution in [-0.2, 0) is 5.60 Å². The maximum Gasteiger partial charge on any atom is 0.0927 e. The van der Waals surface area contributed by atoms with Crippen LogP contribution in [0.1, 0.15) is 52.5 Å². The lowest BCUT2D eigenvalue weighted by atomic mass is 9.58. The van der Waals surface area contributed by atoms with Gasteiger partial charge >= 0.3 is 0 Å². The van der Waals surface area contributed by atoms with E-state index in [1.165, 1.54) is 0 Å². The van der Waals surface area contributed by atoms with Crippen molar-refractivity contribution in [2.45, 2.75) is 52.6 Å². The molecule has 2 nitrogen and oxygen atoms in total. The molecule has 1 fully saturated rings. The average molecular weight is 283 g/mol. The van der Waals surface area contributed by atoms with Gasteiger partial charge in [0, 0.05) is 17.1 Å². The van der Waals surface area contributed by atoms with E-state index in [0.717, 1.165) is 35.7 Å². The van der Waals surface area contributed by atoms with Crippen LogP contribution >= 0.6 is 0 Å². The number of rotatable bonds is 1. The lowest BCUT2D eigenvalue weighted by Gasteiger charge is -2.49. The number of fused-ring (bicyclic) bond motifs is 1. The Morgan fingerprint density at radius 1 is 0.905 bits per heavy atom. The Bertz CT molecular complexity index is 651. The molecule has 1 aliphatic rings. The van der Waals surface area contributed by atoms with Gasteiger partial charge in [0.2, 0.25) is 0 Å². The predicted molar refractivity (Wildman–Crippen MR) is 87.1 cm³/mol. The van der Waals surface area contributed by atoms with E-state index in [1.54, 1.807) is 0 Å². The number of pyridine rings is 1. The summed E-state index contributed by atoms with van der Waals surface area (Å²) >= 11 is 0. The first-order chi connectivity index (χ1) is 9.71. The molecule has 1 heterocycles. The van der Waals surface area contributed by atoms with E-state index in [0.29, 0.717) is 0 Å². The topological polar surface area (TPSA) is 33.1 Å². The van der Waals surface area contributed by atoms with Crippen LogP contribution in [0.5, 0.6) is 0 Å². The summed E-state index contributed by atoms with van der Waals surface area (Å²) in [5, 5.41) is 12.6. The molecule has 2 aromatic rings. The van der Waals surface area contributed by atoms with Crippen molar-refractivity contribution in [2.75, 3.05) is 0 Å². The Morgan fingerprint density at radius 3 is 2.19 bits per heavy atom. The van der Waals surface area contributed by atoms with Crippen molar-refractivity contribution in [1.29, 1.82) is 0 Å². The van der Waals surface area contributed by atoms with E-state index in [9.17, 15) is 5.11 Å². The van der Waals surface area contributed by atoms with Gasteiger partial charge in [-0.3, -0.25) is 4.98 Å². The fraction of sp³-hybridized carbons (Fsp3) is 0.526. The second-order valence-electron chi connectivity index (χ2n) is 8.27. The van der Waals surface area contributed by atoms with E-state index < -0.39 is 5.60 Å². The maximum atomic E-state index is 11.5. The molecule has 0 atom stereocenters. The molecule has 2 heteroatoms. The van der Waals surface area contributed by atoms with Gasteiger partial charge in [0.15, 0.2) is 0 Å². The quantitative estimate of drug-likeness (QED) is 0.825. The summed E-state index contributed by atoms with van der Waals surface area (Å²) in [6, 6.07) is 10.2. The molecule has 0 amide bonds. The summed E-state index contributed by atoms with van der Waals surface area (Å²) in [4.78, 5) is 4.54. The molecule has 0 aliphatic heterocycles. The fourth-order valence-corrected chi connectivity index (χ4v) is 4.74. The first-order valence-corrected chi connectivity index (χ1v) is 7.78. The molecule has 0 bridgehead atoms. The van der Waals surface area contributed by atoms with Crippen LogP contribution in [0.4, 0.5) is 0 Å². The molecule has 1 N–H and O–H groups in total. The minimum Gasteiger partial charge on any atom is -0.385 e. The van der Waals surface area contributed by atoms with Gasteiger partial charge in [0.05, 0.1) is 11.1 Å². The smallest absolute Gasteiger partial charge is 0.0927 e. The van der Waals surface area contributed by atoms with Crippen molar-refractivity contribution in [2.24, 2.45) is 10.8 Å². The zero-order valence-corrected chi connectivity index (χ0v) is 13.5. The zero-order valence-electron chi connectivity index (χ0n) is 13.5. The number of nitrogens with zero attached hydrogens (tertiary/aromatic N) is 1. The Kier molecular flexibility index (Phi) is 3.14. The van der Waals surface area contributed by atoms with Crippen LogP contribution in [0.25, 0.3) is 10.9 Å². The molecule has 1 aliphatic carbocycles. The first kappa shape index (κ1) is 14.5. The van der Waals surface area contributed by atoms with Crippen molar-refractivity contribution < 1.29 is 5.11 Å². The molecule has 1 aromatic heterocycles. The number of aromatic nitrogens is 1. The van der Waals surface area contributed by atoms with E-state index in [4.69, 9.17) is 0 Å². The molecule has 0 saturated heterocycles. The third-order valence-electron chi connectivity index (χ3n) is 4.63. The number of benzene rings is 1. The first-order valence-electron chi connectivity index (χ1n) is 7.78. The monoisotopic (exact) mass is 283 g/mol. The van der Waals surface area contributed by atoms with Gasteiger partial charge in [-0.05, 0) is 36.2 Å². The Labute approximate surface area is 127 Å². The third kappa shape index (κ3) is 2.69. The van der Waals surface area contributed by atoms with Crippen molar-refractivity contribution in [3.05, 3.63) is 42.1 Å². The van der Waals surface area contributed by atoms with Gasteiger partial charge in [-0.1, -0.05) is 52.0 Å². The standard InChI is InChI=1S/C19H25NO/c1-17(2)11-18(3,4)13-19(21,12-17)15-9-5-7-14-8-6-10-20-16(14)15/h5-10,21H,11-13H2,1-4H3. The summed E-state index contributed by atoms with van der Waals surface area (Å²) in [5.41, 5.74) is 1.40. The summed E-state index contributed by atoms with van der Waals surface area (Å²) in [5.74, 6) is 0. The highest BCUT2D eigenvalue weighted by atomic mass is 16.3. The highest BCUT2D eigenvalue weighted by Gasteiger charge is 2.47. The molecular weight excluding hydrogens is 258 g/mol. The normalized spacial score (nSPS) is 23.1. The lowest BCUT2D eigenvalue weighted by molar-refractivity contribution is -0.0904. The molecule has 0 radical (unpaired) electrons. The van der Waals surface area contributed by atoms with Crippen LogP contribution in [-0.4, -0.2) is 10.1 Å². The van der Waals surface area contributed by atoms with Gasteiger partial charge in [-0.25, -0.2) is 0 Å². The van der Waals surface area contributed by atoms with Gasteiger partial charge in [-0.15, -0.1) is 0 Å². The van der Waals surface area contributed by atoms with Crippen LogP contribution in [0.3, 0.4) is 0 Å². The predicted octanol–water partition coefficient (Wildman–Crippen LogP) is 4.66. The van der Waals surface area contributed by atoms with Gasteiger partial charge in [-0.2, -0.15) is 0 Å². The molecule has 112 valence electrons. The SMILES string of the molecule is CC1(C)CC(C)(C)CC(O)(c2cccc3cccnc23)C1. The molecule has 1 saturated carbocycles. The number of aliphatic hydroxyl groups is 1. The van der Waals surface area contributed by atoms with Gasteiger partial charge < -0.3 is 5.11 Å². The van der Waals surface area contributed by atoms with Crippen LogP contribution in [0.15, 0.2) is 36.5 Å². The summed E-state index contributed by atoms with van der Waals surface area (Å²) in [6.07, 6.45) is 4.53. The highest BCUT2D eigenvalue weighted by Crippen LogP contribution is 2.54. The summed E-state index contributed by atoms with van der Waals surface area (Å²) in [7, 11) is 0. The Balaban J connectivity index is 2.16. The van der Waals surface area contributed by atoms with Crippen LogP contribution in [0, 0.1) is 10.8 Å². The van der Waals surface area contributed by atoms with Crippen molar-refractivity contribution in [3.8, 4) is 0 Å².